The quantitative estimate of drug-likeness (QED) is 0.291. The van der Waals surface area contributed by atoms with Crippen LogP contribution >= 0.6 is 0 Å². The molecule has 4 rings (SSSR count). The molecule has 0 unspecified atom stereocenters. The van der Waals surface area contributed by atoms with Crippen molar-refractivity contribution in [3.8, 4) is 0 Å². The van der Waals surface area contributed by atoms with Crippen molar-refractivity contribution in [1.82, 2.24) is 29.3 Å². The van der Waals surface area contributed by atoms with E-state index in [2.05, 4.69) is 36.5 Å². The van der Waals surface area contributed by atoms with Gasteiger partial charge in [0.2, 0.25) is 0 Å². The molecule has 0 amide bonds. The second-order valence-electron chi connectivity index (χ2n) is 8.42. The molecule has 0 radical (unpaired) electrons. The number of pyridine rings is 2. The van der Waals surface area contributed by atoms with Crippen molar-refractivity contribution in [1.29, 1.82) is 0 Å². The van der Waals surface area contributed by atoms with Gasteiger partial charge >= 0.3 is 11.9 Å². The van der Waals surface area contributed by atoms with Gasteiger partial charge in [-0.1, -0.05) is 6.07 Å². The molecule has 0 bridgehead atoms. The van der Waals surface area contributed by atoms with Gasteiger partial charge in [-0.25, -0.2) is 19.6 Å². The van der Waals surface area contributed by atoms with Gasteiger partial charge in [0, 0.05) is 82.5 Å². The van der Waals surface area contributed by atoms with Gasteiger partial charge in [0.1, 0.15) is 11.3 Å². The molecule has 11 nitrogen and oxygen atoms in total. The smallest absolute Gasteiger partial charge is 0.328 e. The maximum atomic E-state index is 9.55. The maximum absolute atomic E-state index is 9.55. The molecule has 198 valence electrons. The molecular weight excluding hydrogens is 476 g/mol. The SMILES string of the molecule is CCOCCn1c(CN2CCN(CCc3ccccn3)CC2)nc2cccnc21.O=C(O)/C=C/C(=O)O. The number of carboxylic acids is 2. The molecule has 0 atom stereocenters. The highest BCUT2D eigenvalue weighted by Gasteiger charge is 2.20. The van der Waals surface area contributed by atoms with Crippen molar-refractivity contribution in [2.24, 2.45) is 0 Å². The van der Waals surface area contributed by atoms with E-state index in [9.17, 15) is 9.59 Å². The number of aliphatic carboxylic acids is 2. The van der Waals surface area contributed by atoms with Crippen molar-refractivity contribution in [3.05, 3.63) is 66.4 Å². The molecule has 0 spiro atoms. The highest BCUT2D eigenvalue weighted by molar-refractivity contribution is 5.89. The van der Waals surface area contributed by atoms with Gasteiger partial charge in [0.05, 0.1) is 13.2 Å². The number of carbonyl (C=O) groups is 2. The molecule has 11 heteroatoms. The topological polar surface area (TPSA) is 134 Å². The minimum Gasteiger partial charge on any atom is -0.478 e. The summed E-state index contributed by atoms with van der Waals surface area (Å²) in [5.41, 5.74) is 3.09. The summed E-state index contributed by atoms with van der Waals surface area (Å²) >= 11 is 0. The zero-order valence-corrected chi connectivity index (χ0v) is 21.1. The van der Waals surface area contributed by atoms with Crippen molar-refractivity contribution in [2.75, 3.05) is 45.9 Å². The fraction of sp³-hybridized carbons (Fsp3) is 0.423. The first-order valence-electron chi connectivity index (χ1n) is 12.3. The monoisotopic (exact) mass is 510 g/mol. The van der Waals surface area contributed by atoms with Crippen LogP contribution in [0.1, 0.15) is 18.4 Å². The summed E-state index contributed by atoms with van der Waals surface area (Å²) < 4.78 is 7.80. The molecule has 1 fully saturated rings. The Hall–Kier alpha value is -3.67. The third-order valence-corrected chi connectivity index (χ3v) is 5.85. The number of imidazole rings is 1. The Kier molecular flexibility index (Phi) is 11.2. The molecule has 1 aliphatic rings. The summed E-state index contributed by atoms with van der Waals surface area (Å²) in [7, 11) is 0. The van der Waals surface area contributed by atoms with Crippen LogP contribution in [0.25, 0.3) is 11.2 Å². The summed E-state index contributed by atoms with van der Waals surface area (Å²) in [6.07, 6.45) is 5.84. The van der Waals surface area contributed by atoms with Gasteiger partial charge in [0.25, 0.3) is 0 Å². The highest BCUT2D eigenvalue weighted by atomic mass is 16.5. The number of hydrogen-bond acceptors (Lipinski definition) is 8. The number of aromatic nitrogens is 4. The van der Waals surface area contributed by atoms with Crippen molar-refractivity contribution in [2.45, 2.75) is 26.4 Å². The van der Waals surface area contributed by atoms with E-state index in [0.29, 0.717) is 18.8 Å². The number of nitrogens with zero attached hydrogens (tertiary/aromatic N) is 6. The first kappa shape index (κ1) is 27.9. The summed E-state index contributed by atoms with van der Waals surface area (Å²) in [4.78, 5) is 38.0. The van der Waals surface area contributed by atoms with Crippen LogP contribution in [0.5, 0.6) is 0 Å². The van der Waals surface area contributed by atoms with Gasteiger partial charge < -0.3 is 24.4 Å². The lowest BCUT2D eigenvalue weighted by atomic mass is 10.2. The predicted molar refractivity (Wildman–Crippen MR) is 138 cm³/mol. The molecule has 3 aromatic heterocycles. The summed E-state index contributed by atoms with van der Waals surface area (Å²) in [5, 5.41) is 15.6. The molecule has 0 saturated carbocycles. The van der Waals surface area contributed by atoms with Gasteiger partial charge in [-0.15, -0.1) is 0 Å². The minimum atomic E-state index is -1.26. The molecule has 3 aromatic rings. The number of rotatable bonds is 11. The first-order valence-corrected chi connectivity index (χ1v) is 12.3. The van der Waals surface area contributed by atoms with E-state index in [4.69, 9.17) is 19.9 Å². The Balaban J connectivity index is 0.000000414. The third kappa shape index (κ3) is 9.37. The molecule has 0 aromatic carbocycles. The van der Waals surface area contributed by atoms with Crippen LogP contribution in [0.4, 0.5) is 0 Å². The zero-order chi connectivity index (χ0) is 26.5. The lowest BCUT2D eigenvalue weighted by Crippen LogP contribution is -2.46. The van der Waals surface area contributed by atoms with Crippen LogP contribution in [0, 0.1) is 0 Å². The largest absolute Gasteiger partial charge is 0.478 e. The number of hydrogen-bond donors (Lipinski definition) is 2. The van der Waals surface area contributed by atoms with E-state index in [1.165, 1.54) is 5.69 Å². The molecule has 1 saturated heterocycles. The van der Waals surface area contributed by atoms with E-state index in [0.717, 1.165) is 75.8 Å². The summed E-state index contributed by atoms with van der Waals surface area (Å²) in [5.74, 6) is -1.43. The summed E-state index contributed by atoms with van der Waals surface area (Å²) in [6.45, 7) is 10.5. The Bertz CT molecular complexity index is 1140. The molecular formula is C26H34N6O5. The standard InChI is InChI=1S/C22H30N6O.C4H4O4/c1-2-29-17-16-28-21(25-20-7-5-10-24-22(20)28)18-27-14-12-26(13-15-27)11-8-19-6-3-4-9-23-19;5-3(6)1-2-4(7)8/h3-7,9-10H,2,8,11-18H2,1H3;1-2H,(H,5,6)(H,7,8)/b;2-1+. The van der Waals surface area contributed by atoms with Crippen molar-refractivity contribution in [3.63, 3.8) is 0 Å². The lowest BCUT2D eigenvalue weighted by Gasteiger charge is -2.34. The van der Waals surface area contributed by atoms with Crippen LogP contribution in [-0.2, 0) is 33.8 Å². The Morgan fingerprint density at radius 2 is 1.65 bits per heavy atom. The molecule has 0 aliphatic carbocycles. The van der Waals surface area contributed by atoms with Crippen LogP contribution in [0.2, 0.25) is 0 Å². The second-order valence-corrected chi connectivity index (χ2v) is 8.42. The van der Waals surface area contributed by atoms with Crippen LogP contribution < -0.4 is 0 Å². The van der Waals surface area contributed by atoms with Crippen LogP contribution in [0.3, 0.4) is 0 Å². The Morgan fingerprint density at radius 1 is 0.946 bits per heavy atom. The average Bonchev–Trinajstić information content (AvgIpc) is 3.25. The van der Waals surface area contributed by atoms with E-state index < -0.39 is 11.9 Å². The Morgan fingerprint density at radius 3 is 2.30 bits per heavy atom. The molecule has 2 N–H and O–H groups in total. The fourth-order valence-electron chi connectivity index (χ4n) is 3.99. The Labute approximate surface area is 216 Å². The van der Waals surface area contributed by atoms with E-state index >= 15 is 0 Å². The maximum Gasteiger partial charge on any atom is 0.328 e. The van der Waals surface area contributed by atoms with Crippen molar-refractivity contribution < 1.29 is 24.5 Å². The molecule has 1 aliphatic heterocycles. The number of piperazine rings is 1. The number of fused-ring (bicyclic) bond motifs is 1. The predicted octanol–water partition coefficient (Wildman–Crippen LogP) is 1.93. The normalized spacial score (nSPS) is 14.5. The van der Waals surface area contributed by atoms with Gasteiger partial charge in [0.15, 0.2) is 5.65 Å². The highest BCUT2D eigenvalue weighted by Crippen LogP contribution is 2.16. The second kappa shape index (κ2) is 14.8. The van der Waals surface area contributed by atoms with Crippen LogP contribution in [-0.4, -0.2) is 97.4 Å². The summed E-state index contributed by atoms with van der Waals surface area (Å²) in [6, 6.07) is 10.1. The van der Waals surface area contributed by atoms with E-state index in [1.807, 2.05) is 37.5 Å². The first-order chi connectivity index (χ1) is 18.0. The van der Waals surface area contributed by atoms with Gasteiger partial charge in [-0.2, -0.15) is 0 Å². The zero-order valence-electron chi connectivity index (χ0n) is 21.1. The fourth-order valence-corrected chi connectivity index (χ4v) is 3.99. The van der Waals surface area contributed by atoms with Crippen LogP contribution in [0.15, 0.2) is 54.9 Å². The van der Waals surface area contributed by atoms with E-state index in [1.54, 1.807) is 0 Å². The third-order valence-electron chi connectivity index (χ3n) is 5.85. The molecule has 4 heterocycles. The number of carboxylic acid groups (broad SMARTS) is 2. The molecule has 37 heavy (non-hydrogen) atoms. The number of ether oxygens (including phenoxy) is 1. The van der Waals surface area contributed by atoms with Gasteiger partial charge in [-0.05, 0) is 31.2 Å². The van der Waals surface area contributed by atoms with Crippen molar-refractivity contribution >= 4 is 23.1 Å². The minimum absolute atomic E-state index is 0.558. The van der Waals surface area contributed by atoms with Gasteiger partial charge in [-0.3, -0.25) is 9.88 Å². The lowest BCUT2D eigenvalue weighted by molar-refractivity contribution is -0.134. The average molecular weight is 511 g/mol. The van der Waals surface area contributed by atoms with E-state index in [-0.39, 0.29) is 0 Å².